The van der Waals surface area contributed by atoms with Crippen molar-refractivity contribution < 1.29 is 9.53 Å². The van der Waals surface area contributed by atoms with Crippen LogP contribution in [0, 0.1) is 13.8 Å². The van der Waals surface area contributed by atoms with Crippen LogP contribution in [0.5, 0.6) is 5.75 Å². The predicted octanol–water partition coefficient (Wildman–Crippen LogP) is 2.25. The van der Waals surface area contributed by atoms with Gasteiger partial charge >= 0.3 is 0 Å². The molecule has 1 amide bonds. The Morgan fingerprint density at radius 1 is 1.15 bits per heavy atom. The van der Waals surface area contributed by atoms with E-state index in [1.165, 1.54) is 0 Å². The molecule has 27 heavy (non-hydrogen) atoms. The average Bonchev–Trinajstić information content (AvgIpc) is 2.66. The average molecular weight is 369 g/mol. The van der Waals surface area contributed by atoms with Gasteiger partial charge in [-0.1, -0.05) is 12.1 Å². The zero-order valence-corrected chi connectivity index (χ0v) is 16.2. The molecule has 2 aromatic rings. The Morgan fingerprint density at radius 2 is 1.93 bits per heavy atom. The number of carbonyl (C=O) groups is 1. The van der Waals surface area contributed by atoms with Crippen molar-refractivity contribution in [3.8, 4) is 5.75 Å². The van der Waals surface area contributed by atoms with Gasteiger partial charge in [0.15, 0.2) is 6.61 Å². The van der Waals surface area contributed by atoms with Crippen molar-refractivity contribution in [1.29, 1.82) is 0 Å². The summed E-state index contributed by atoms with van der Waals surface area (Å²) in [4.78, 5) is 25.5. The van der Waals surface area contributed by atoms with Gasteiger partial charge in [0.05, 0.1) is 0 Å². The number of nitrogens with one attached hydrogen (secondary N) is 1. The summed E-state index contributed by atoms with van der Waals surface area (Å²) in [5.41, 5.74) is 2.05. The third-order valence-electron chi connectivity index (χ3n) is 4.48. The summed E-state index contributed by atoms with van der Waals surface area (Å²) in [6.45, 7) is 9.67. The third-order valence-corrected chi connectivity index (χ3v) is 4.48. The van der Waals surface area contributed by atoms with Crippen molar-refractivity contribution in [3.05, 3.63) is 41.6 Å². The van der Waals surface area contributed by atoms with Crippen LogP contribution in [0.3, 0.4) is 0 Å². The summed E-state index contributed by atoms with van der Waals surface area (Å²) in [5, 5.41) is 3.16. The predicted molar refractivity (Wildman–Crippen MR) is 106 cm³/mol. The molecule has 0 spiro atoms. The van der Waals surface area contributed by atoms with Crippen LogP contribution in [0.15, 0.2) is 30.3 Å². The Balaban J connectivity index is 1.53. The van der Waals surface area contributed by atoms with Crippen molar-refractivity contribution in [2.75, 3.05) is 49.5 Å². The fourth-order valence-electron chi connectivity index (χ4n) is 3.08. The lowest BCUT2D eigenvalue weighted by atomic mass is 10.2. The maximum atomic E-state index is 12.4. The number of hydrogen-bond acceptors (Lipinski definition) is 6. The summed E-state index contributed by atoms with van der Waals surface area (Å²) in [6, 6.07) is 9.73. The van der Waals surface area contributed by atoms with E-state index < -0.39 is 0 Å². The number of rotatable bonds is 6. The normalized spacial score (nSPS) is 14.2. The van der Waals surface area contributed by atoms with E-state index >= 15 is 0 Å². The second-order valence-electron chi connectivity index (χ2n) is 6.69. The molecule has 0 saturated carbocycles. The molecule has 1 aliphatic rings. The number of anilines is 2. The summed E-state index contributed by atoms with van der Waals surface area (Å²) in [6.07, 6.45) is 0. The number of benzene rings is 1. The van der Waals surface area contributed by atoms with Crippen molar-refractivity contribution in [2.45, 2.75) is 20.8 Å². The molecule has 1 aliphatic heterocycles. The minimum absolute atomic E-state index is 0.0170. The van der Waals surface area contributed by atoms with Gasteiger partial charge in [-0.25, -0.2) is 4.98 Å². The van der Waals surface area contributed by atoms with E-state index in [4.69, 9.17) is 4.74 Å². The van der Waals surface area contributed by atoms with E-state index in [1.54, 1.807) is 0 Å². The lowest BCUT2D eigenvalue weighted by Crippen LogP contribution is -2.50. The van der Waals surface area contributed by atoms with Crippen LogP contribution < -0.4 is 15.0 Å². The van der Waals surface area contributed by atoms with Crippen LogP contribution >= 0.6 is 0 Å². The fourth-order valence-corrected chi connectivity index (χ4v) is 3.08. The molecule has 144 valence electrons. The van der Waals surface area contributed by atoms with E-state index in [1.807, 2.05) is 56.0 Å². The van der Waals surface area contributed by atoms with Gasteiger partial charge in [-0.3, -0.25) is 4.79 Å². The molecule has 1 aromatic carbocycles. The van der Waals surface area contributed by atoms with Crippen molar-refractivity contribution in [2.24, 2.45) is 0 Å². The number of hydrogen-bond donors (Lipinski definition) is 1. The fraction of sp³-hybridized carbons (Fsp3) is 0.450. The number of aromatic nitrogens is 2. The molecular weight excluding hydrogens is 342 g/mol. The minimum atomic E-state index is 0.0170. The minimum Gasteiger partial charge on any atom is -0.484 e. The standard InChI is InChI=1S/C20H27N5O2/c1-4-21-20-22-16(3)13-18(23-20)24-8-10-25(11-9-24)19(26)14-27-17-7-5-6-15(2)12-17/h5-7,12-13H,4,8-11,14H2,1-3H3,(H,21,22,23). The summed E-state index contributed by atoms with van der Waals surface area (Å²) >= 11 is 0. The number of carbonyl (C=O) groups excluding carboxylic acids is 1. The van der Waals surface area contributed by atoms with E-state index in [0.29, 0.717) is 19.0 Å². The molecule has 0 unspecified atom stereocenters. The lowest BCUT2D eigenvalue weighted by molar-refractivity contribution is -0.133. The Bertz CT molecular complexity index is 788. The van der Waals surface area contributed by atoms with Crippen LogP contribution in [-0.2, 0) is 4.79 Å². The lowest BCUT2D eigenvalue weighted by Gasteiger charge is -2.35. The summed E-state index contributed by atoms with van der Waals surface area (Å²) in [7, 11) is 0. The molecular formula is C20H27N5O2. The quantitative estimate of drug-likeness (QED) is 0.842. The Hall–Kier alpha value is -2.83. The highest BCUT2D eigenvalue weighted by molar-refractivity contribution is 5.78. The maximum Gasteiger partial charge on any atom is 0.260 e. The Labute approximate surface area is 160 Å². The highest BCUT2D eigenvalue weighted by atomic mass is 16.5. The molecule has 1 fully saturated rings. The number of piperazine rings is 1. The molecule has 0 radical (unpaired) electrons. The van der Waals surface area contributed by atoms with Crippen LogP contribution in [0.25, 0.3) is 0 Å². The number of amides is 1. The first kappa shape index (κ1) is 18.9. The first-order chi connectivity index (χ1) is 13.0. The summed E-state index contributed by atoms with van der Waals surface area (Å²) in [5.74, 6) is 2.30. The third kappa shape index (κ3) is 5.09. The molecule has 7 nitrogen and oxygen atoms in total. The van der Waals surface area contributed by atoms with Crippen molar-refractivity contribution >= 4 is 17.7 Å². The van der Waals surface area contributed by atoms with Crippen molar-refractivity contribution in [1.82, 2.24) is 14.9 Å². The first-order valence-corrected chi connectivity index (χ1v) is 9.37. The van der Waals surface area contributed by atoms with Gasteiger partial charge in [0, 0.05) is 44.5 Å². The van der Waals surface area contributed by atoms with Crippen LogP contribution in [0.2, 0.25) is 0 Å². The molecule has 2 heterocycles. The molecule has 0 bridgehead atoms. The number of ether oxygens (including phenoxy) is 1. The molecule has 1 aromatic heterocycles. The smallest absolute Gasteiger partial charge is 0.260 e. The van der Waals surface area contributed by atoms with Gasteiger partial charge in [-0.15, -0.1) is 0 Å². The van der Waals surface area contributed by atoms with E-state index in [-0.39, 0.29) is 12.5 Å². The monoisotopic (exact) mass is 369 g/mol. The zero-order valence-electron chi connectivity index (χ0n) is 16.2. The second-order valence-corrected chi connectivity index (χ2v) is 6.69. The van der Waals surface area contributed by atoms with Crippen molar-refractivity contribution in [3.63, 3.8) is 0 Å². The van der Waals surface area contributed by atoms with Gasteiger partial charge in [0.1, 0.15) is 11.6 Å². The van der Waals surface area contributed by atoms with E-state index in [2.05, 4.69) is 20.2 Å². The number of aryl methyl sites for hydroxylation is 2. The first-order valence-electron chi connectivity index (χ1n) is 9.37. The highest BCUT2D eigenvalue weighted by Crippen LogP contribution is 2.17. The van der Waals surface area contributed by atoms with Gasteiger partial charge < -0.3 is 19.9 Å². The maximum absolute atomic E-state index is 12.4. The van der Waals surface area contributed by atoms with Crippen LogP contribution in [0.1, 0.15) is 18.2 Å². The Morgan fingerprint density at radius 3 is 2.63 bits per heavy atom. The SMILES string of the molecule is CCNc1nc(C)cc(N2CCN(C(=O)COc3cccc(C)c3)CC2)n1. The van der Waals surface area contributed by atoms with Gasteiger partial charge in [0.2, 0.25) is 5.95 Å². The van der Waals surface area contributed by atoms with Crippen LogP contribution in [-0.4, -0.2) is 60.1 Å². The molecule has 1 N–H and O–H groups in total. The molecule has 1 saturated heterocycles. The zero-order chi connectivity index (χ0) is 19.2. The molecule has 7 heteroatoms. The summed E-state index contributed by atoms with van der Waals surface area (Å²) < 4.78 is 5.64. The van der Waals surface area contributed by atoms with Gasteiger partial charge in [-0.05, 0) is 38.5 Å². The van der Waals surface area contributed by atoms with Gasteiger partial charge in [0.25, 0.3) is 5.91 Å². The topological polar surface area (TPSA) is 70.6 Å². The second kappa shape index (κ2) is 8.70. The largest absolute Gasteiger partial charge is 0.484 e. The Kier molecular flexibility index (Phi) is 6.11. The van der Waals surface area contributed by atoms with E-state index in [0.717, 1.165) is 42.5 Å². The molecule has 0 atom stereocenters. The van der Waals surface area contributed by atoms with E-state index in [9.17, 15) is 4.79 Å². The van der Waals surface area contributed by atoms with Gasteiger partial charge in [-0.2, -0.15) is 4.98 Å². The van der Waals surface area contributed by atoms with Crippen LogP contribution in [0.4, 0.5) is 11.8 Å². The number of nitrogens with zero attached hydrogens (tertiary/aromatic N) is 4. The highest BCUT2D eigenvalue weighted by Gasteiger charge is 2.22. The molecule has 0 aliphatic carbocycles. The molecule has 3 rings (SSSR count).